The van der Waals surface area contributed by atoms with Gasteiger partial charge >= 0.3 is 0 Å². The van der Waals surface area contributed by atoms with Gasteiger partial charge in [0.1, 0.15) is 0 Å². The van der Waals surface area contributed by atoms with Crippen molar-refractivity contribution in [3.63, 3.8) is 0 Å². The van der Waals surface area contributed by atoms with Crippen molar-refractivity contribution in [3.8, 4) is 0 Å². The van der Waals surface area contributed by atoms with Crippen LogP contribution in [0.2, 0.25) is 0 Å². The zero-order valence-electron chi connectivity index (χ0n) is 16.1. The van der Waals surface area contributed by atoms with Crippen LogP contribution in [0.15, 0.2) is 0 Å². The average molecular weight is 425 g/mol. The van der Waals surface area contributed by atoms with Gasteiger partial charge in [0.05, 0.1) is 26.2 Å². The van der Waals surface area contributed by atoms with Crippen molar-refractivity contribution in [2.75, 3.05) is 26.2 Å². The number of halogens is 1. The predicted octanol–water partition coefficient (Wildman–Crippen LogP) is 3.57. The lowest BCUT2D eigenvalue weighted by atomic mass is 10.1. The van der Waals surface area contributed by atoms with Crippen molar-refractivity contribution in [2.24, 2.45) is 0 Å². The van der Waals surface area contributed by atoms with Crippen molar-refractivity contribution >= 4 is 0 Å². The topological polar surface area (TPSA) is 0 Å². The Morgan fingerprint density at radius 3 is 1.09 bits per heavy atom. The van der Waals surface area contributed by atoms with Crippen LogP contribution in [0.1, 0.15) is 105 Å². The molecule has 0 fully saturated rings. The van der Waals surface area contributed by atoms with E-state index in [0.29, 0.717) is 0 Å². The van der Waals surface area contributed by atoms with E-state index in [9.17, 15) is 0 Å². The second-order valence-electron chi connectivity index (χ2n) is 7.06. The Morgan fingerprint density at radius 1 is 0.409 bits per heavy atom. The molecule has 136 valence electrons. The lowest BCUT2D eigenvalue weighted by Gasteiger charge is -2.39. The molecule has 0 saturated heterocycles. The summed E-state index contributed by atoms with van der Waals surface area (Å²) in [6, 6.07) is 0. The monoisotopic (exact) mass is 425 g/mol. The van der Waals surface area contributed by atoms with Crippen molar-refractivity contribution in [2.45, 2.75) is 105 Å². The average Bonchev–Trinajstić information content (AvgIpc) is 2.47. The molecule has 0 saturated carbocycles. The largest absolute Gasteiger partial charge is 1.00 e. The molecule has 0 aliphatic heterocycles. The first-order valence-corrected chi connectivity index (χ1v) is 10.1. The molecule has 0 N–H and O–H groups in total. The lowest BCUT2D eigenvalue weighted by molar-refractivity contribution is -0.928. The second-order valence-corrected chi connectivity index (χ2v) is 7.06. The summed E-state index contributed by atoms with van der Waals surface area (Å²) >= 11 is 0. The van der Waals surface area contributed by atoms with Gasteiger partial charge in [-0.05, 0) is 38.5 Å². The Balaban J connectivity index is 0. The quantitative estimate of drug-likeness (QED) is 0.202. The van der Waals surface area contributed by atoms with Crippen LogP contribution in [0.4, 0.5) is 0 Å². The van der Waals surface area contributed by atoms with Crippen LogP contribution in [0, 0.1) is 0 Å². The van der Waals surface area contributed by atoms with Gasteiger partial charge < -0.3 is 28.5 Å². The van der Waals surface area contributed by atoms with Gasteiger partial charge in [-0.1, -0.05) is 66.2 Å². The van der Waals surface area contributed by atoms with E-state index >= 15 is 0 Å². The van der Waals surface area contributed by atoms with E-state index in [1.165, 1.54) is 108 Å². The molecule has 0 atom stereocenters. The van der Waals surface area contributed by atoms with Gasteiger partial charge in [0.15, 0.2) is 0 Å². The van der Waals surface area contributed by atoms with E-state index in [1.807, 2.05) is 0 Å². The van der Waals surface area contributed by atoms with Crippen LogP contribution in [0.3, 0.4) is 0 Å². The van der Waals surface area contributed by atoms with Gasteiger partial charge in [-0.3, -0.25) is 0 Å². The zero-order chi connectivity index (χ0) is 15.8. The fourth-order valence-electron chi connectivity index (χ4n) is 3.72. The highest BCUT2D eigenvalue weighted by atomic mass is 127. The van der Waals surface area contributed by atoms with Gasteiger partial charge in [-0.2, -0.15) is 0 Å². The maximum atomic E-state index is 2.37. The summed E-state index contributed by atoms with van der Waals surface area (Å²) in [7, 11) is 0. The first-order chi connectivity index (χ1) is 10.2. The molecule has 0 aromatic rings. The number of nitrogens with zero attached hydrogens (tertiary/aromatic N) is 1. The molecule has 1 nitrogen and oxygen atoms in total. The van der Waals surface area contributed by atoms with Gasteiger partial charge in [0, 0.05) is 0 Å². The Bertz CT molecular complexity index is 184. The minimum Gasteiger partial charge on any atom is -1.00 e. The lowest BCUT2D eigenvalue weighted by Crippen LogP contribution is -3.00. The van der Waals surface area contributed by atoms with E-state index in [1.54, 1.807) is 0 Å². The Kier molecular flexibility index (Phi) is 20.4. The highest BCUT2D eigenvalue weighted by molar-refractivity contribution is 4.50. The van der Waals surface area contributed by atoms with Gasteiger partial charge in [-0.25, -0.2) is 0 Å². The SMILES string of the molecule is CCCCCCC[N+](CCC)(CCC)CCCCCCC.[I-]. The molecule has 0 aliphatic carbocycles. The molecule has 0 spiro atoms. The smallest absolute Gasteiger partial charge is 0.0786 e. The highest BCUT2D eigenvalue weighted by Gasteiger charge is 2.24. The van der Waals surface area contributed by atoms with Crippen LogP contribution >= 0.6 is 0 Å². The molecule has 0 amide bonds. The number of hydrogen-bond donors (Lipinski definition) is 0. The van der Waals surface area contributed by atoms with Crippen LogP contribution < -0.4 is 24.0 Å². The molecule has 0 rings (SSSR count). The maximum absolute atomic E-state index is 2.37. The van der Waals surface area contributed by atoms with Crippen molar-refractivity contribution in [1.82, 2.24) is 0 Å². The number of rotatable bonds is 16. The summed E-state index contributed by atoms with van der Waals surface area (Å²) in [4.78, 5) is 0. The Labute approximate surface area is 159 Å². The third kappa shape index (κ3) is 13.2. The molecule has 0 aromatic heterocycles. The van der Waals surface area contributed by atoms with E-state index in [4.69, 9.17) is 0 Å². The minimum absolute atomic E-state index is 0. The van der Waals surface area contributed by atoms with Crippen LogP contribution in [0.25, 0.3) is 0 Å². The summed E-state index contributed by atoms with van der Waals surface area (Å²) < 4.78 is 1.42. The molecule has 2 heteroatoms. The van der Waals surface area contributed by atoms with Crippen LogP contribution in [0.5, 0.6) is 0 Å². The van der Waals surface area contributed by atoms with Gasteiger partial charge in [0.2, 0.25) is 0 Å². The van der Waals surface area contributed by atoms with Gasteiger partial charge in [-0.15, -0.1) is 0 Å². The fraction of sp³-hybridized carbons (Fsp3) is 1.00. The van der Waals surface area contributed by atoms with Crippen LogP contribution in [-0.2, 0) is 0 Å². The first-order valence-electron chi connectivity index (χ1n) is 10.1. The Hall–Kier alpha value is 0.690. The normalized spacial score (nSPS) is 11.5. The molecule has 0 heterocycles. The van der Waals surface area contributed by atoms with E-state index in [2.05, 4.69) is 27.7 Å². The van der Waals surface area contributed by atoms with E-state index in [0.717, 1.165) is 0 Å². The van der Waals surface area contributed by atoms with Gasteiger partial charge in [0.25, 0.3) is 0 Å². The molecule has 22 heavy (non-hydrogen) atoms. The van der Waals surface area contributed by atoms with Crippen LogP contribution in [-0.4, -0.2) is 30.7 Å². The molecule has 0 aliphatic rings. The summed E-state index contributed by atoms with van der Waals surface area (Å²) in [5.41, 5.74) is 0. The van der Waals surface area contributed by atoms with Crippen molar-refractivity contribution < 1.29 is 28.5 Å². The second kappa shape index (κ2) is 18.0. The zero-order valence-corrected chi connectivity index (χ0v) is 18.3. The van der Waals surface area contributed by atoms with Crippen molar-refractivity contribution in [1.29, 1.82) is 0 Å². The van der Waals surface area contributed by atoms with E-state index in [-0.39, 0.29) is 24.0 Å². The number of hydrogen-bond acceptors (Lipinski definition) is 0. The fourth-order valence-corrected chi connectivity index (χ4v) is 3.72. The summed E-state index contributed by atoms with van der Waals surface area (Å²) in [5.74, 6) is 0. The summed E-state index contributed by atoms with van der Waals surface area (Å²) in [6.07, 6.45) is 17.0. The number of unbranched alkanes of at least 4 members (excludes halogenated alkanes) is 8. The maximum Gasteiger partial charge on any atom is 0.0786 e. The molecule has 0 radical (unpaired) electrons. The number of quaternary nitrogens is 1. The molecular formula is C20H44IN. The van der Waals surface area contributed by atoms with Crippen molar-refractivity contribution in [3.05, 3.63) is 0 Å². The molecule has 0 unspecified atom stereocenters. The van der Waals surface area contributed by atoms with E-state index < -0.39 is 0 Å². The summed E-state index contributed by atoms with van der Waals surface area (Å²) in [6.45, 7) is 15.1. The minimum atomic E-state index is 0. The standard InChI is InChI=1S/C20H44N.HI/c1-5-9-11-13-15-19-21(17-7-3,18-8-4)20-16-14-12-10-6-2;/h5-20H2,1-4H3;1H/q+1;/p-1. The molecule has 0 bridgehead atoms. The third-order valence-corrected chi connectivity index (χ3v) is 4.87. The summed E-state index contributed by atoms with van der Waals surface area (Å²) in [5, 5.41) is 0. The predicted molar refractivity (Wildman–Crippen MR) is 97.8 cm³/mol. The Morgan fingerprint density at radius 2 is 0.773 bits per heavy atom. The highest BCUT2D eigenvalue weighted by Crippen LogP contribution is 2.17. The molecule has 0 aromatic carbocycles. The third-order valence-electron chi connectivity index (χ3n) is 4.87. The molecular weight excluding hydrogens is 381 g/mol. The first kappa shape index (κ1) is 24.9.